The molecule has 1 aliphatic rings. The van der Waals surface area contributed by atoms with Crippen LogP contribution in [0.1, 0.15) is 26.3 Å². The molecule has 180 valence electrons. The van der Waals surface area contributed by atoms with Crippen LogP contribution < -0.4 is 15.0 Å². The Hall–Kier alpha value is -2.62. The molecule has 8 nitrogen and oxygen atoms in total. The van der Waals surface area contributed by atoms with Crippen LogP contribution in [0.15, 0.2) is 47.4 Å². The van der Waals surface area contributed by atoms with Gasteiger partial charge in [-0.15, -0.1) is 0 Å². The van der Waals surface area contributed by atoms with Crippen LogP contribution in [0.3, 0.4) is 0 Å². The van der Waals surface area contributed by atoms with Crippen LogP contribution in [-0.4, -0.2) is 64.1 Å². The van der Waals surface area contributed by atoms with Gasteiger partial charge in [0, 0.05) is 26.2 Å². The first kappa shape index (κ1) is 25.0. The van der Waals surface area contributed by atoms with Crippen molar-refractivity contribution in [3.05, 3.63) is 48.0 Å². The van der Waals surface area contributed by atoms with E-state index in [9.17, 15) is 13.2 Å². The van der Waals surface area contributed by atoms with Gasteiger partial charge in [0.25, 0.3) is 5.91 Å². The van der Waals surface area contributed by atoms with Gasteiger partial charge in [0.2, 0.25) is 10.0 Å². The highest BCUT2D eigenvalue weighted by molar-refractivity contribution is 7.89. The third-order valence-corrected chi connectivity index (χ3v) is 7.64. The molecule has 1 fully saturated rings. The van der Waals surface area contributed by atoms with Gasteiger partial charge in [-0.05, 0) is 49.7 Å². The van der Waals surface area contributed by atoms with E-state index in [2.05, 4.69) is 10.2 Å². The summed E-state index contributed by atoms with van der Waals surface area (Å²) in [5, 5.41) is 2.90. The summed E-state index contributed by atoms with van der Waals surface area (Å²) in [6.07, 6.45) is -0.771. The van der Waals surface area contributed by atoms with Gasteiger partial charge < -0.3 is 19.7 Å². The second kappa shape index (κ2) is 11.0. The van der Waals surface area contributed by atoms with Gasteiger partial charge in [0.1, 0.15) is 5.75 Å². The topological polar surface area (TPSA) is 88.2 Å². The molecule has 0 spiro atoms. The highest BCUT2D eigenvalue weighted by Crippen LogP contribution is 2.31. The van der Waals surface area contributed by atoms with Gasteiger partial charge >= 0.3 is 0 Å². The Morgan fingerprint density at radius 3 is 2.48 bits per heavy atom. The molecule has 1 saturated heterocycles. The van der Waals surface area contributed by atoms with E-state index < -0.39 is 16.1 Å². The van der Waals surface area contributed by atoms with E-state index in [0.717, 1.165) is 11.3 Å². The zero-order chi connectivity index (χ0) is 24.0. The number of nitrogens with zero attached hydrogens (tertiary/aromatic N) is 2. The normalized spacial score (nSPS) is 15.4. The van der Waals surface area contributed by atoms with Gasteiger partial charge in [-0.1, -0.05) is 26.0 Å². The lowest BCUT2D eigenvalue weighted by Gasteiger charge is -2.31. The third kappa shape index (κ3) is 6.04. The molecular formula is C24H33N3O5S. The minimum absolute atomic E-state index is 0.144. The Kier molecular flexibility index (Phi) is 8.34. The second-order valence-corrected chi connectivity index (χ2v) is 9.87. The van der Waals surface area contributed by atoms with Gasteiger partial charge in [-0.2, -0.15) is 4.31 Å². The van der Waals surface area contributed by atoms with Gasteiger partial charge in [-0.25, -0.2) is 8.42 Å². The number of carbonyl (C=O) groups excluding carboxylic acids is 1. The van der Waals surface area contributed by atoms with Crippen LogP contribution in [0.5, 0.6) is 5.75 Å². The monoisotopic (exact) mass is 475 g/mol. The largest absolute Gasteiger partial charge is 0.481 e. The van der Waals surface area contributed by atoms with E-state index in [1.807, 2.05) is 25.1 Å². The Bertz CT molecular complexity index is 1060. The number of morpholine rings is 1. The highest BCUT2D eigenvalue weighted by atomic mass is 32.2. The number of anilines is 2. The smallest absolute Gasteiger partial charge is 0.265 e. The van der Waals surface area contributed by atoms with E-state index in [4.69, 9.17) is 9.47 Å². The quantitative estimate of drug-likeness (QED) is 0.599. The molecule has 1 amide bonds. The Labute approximate surface area is 196 Å². The Morgan fingerprint density at radius 2 is 1.85 bits per heavy atom. The maximum atomic E-state index is 13.1. The molecular weight excluding hydrogens is 442 g/mol. The SMILES string of the molecule is CCN(CC)S(=O)(=O)c1ccc(N2CCOCC2)c(NC(=O)C(C)Oc2cccc(C)c2)c1. The molecule has 2 aromatic carbocycles. The molecule has 0 saturated carbocycles. The lowest BCUT2D eigenvalue weighted by Crippen LogP contribution is -2.37. The second-order valence-electron chi connectivity index (χ2n) is 7.93. The number of carbonyl (C=O) groups is 1. The molecule has 0 aliphatic carbocycles. The van der Waals surface area contributed by atoms with Gasteiger partial charge in [0.15, 0.2) is 6.10 Å². The van der Waals surface area contributed by atoms with Crippen LogP contribution in [0, 0.1) is 6.92 Å². The van der Waals surface area contributed by atoms with Crippen molar-refractivity contribution in [2.45, 2.75) is 38.7 Å². The Morgan fingerprint density at radius 1 is 1.15 bits per heavy atom. The molecule has 0 radical (unpaired) electrons. The number of hydrogen-bond donors (Lipinski definition) is 1. The summed E-state index contributed by atoms with van der Waals surface area (Å²) in [4.78, 5) is 15.2. The number of amides is 1. The van der Waals surface area contributed by atoms with Crippen molar-refractivity contribution >= 4 is 27.3 Å². The molecule has 1 aliphatic heterocycles. The van der Waals surface area contributed by atoms with E-state index in [1.54, 1.807) is 39.0 Å². The standard InChI is InChI=1S/C24H33N3O5S/c1-5-27(6-2)33(29,30)21-10-11-23(26-12-14-31-15-13-26)22(17-21)25-24(28)19(4)32-20-9-7-8-18(3)16-20/h7-11,16-17,19H,5-6,12-15H2,1-4H3,(H,25,28). The zero-order valence-electron chi connectivity index (χ0n) is 19.7. The predicted molar refractivity (Wildman–Crippen MR) is 129 cm³/mol. The van der Waals surface area contributed by atoms with Crippen molar-refractivity contribution in [3.8, 4) is 5.75 Å². The molecule has 1 unspecified atom stereocenters. The number of ether oxygens (including phenoxy) is 2. The summed E-state index contributed by atoms with van der Waals surface area (Å²) in [5.74, 6) is 0.243. The van der Waals surface area contributed by atoms with Crippen molar-refractivity contribution in [2.24, 2.45) is 0 Å². The summed E-state index contributed by atoms with van der Waals surface area (Å²) in [5.41, 5.74) is 2.23. The highest BCUT2D eigenvalue weighted by Gasteiger charge is 2.26. The summed E-state index contributed by atoms with van der Waals surface area (Å²) in [7, 11) is -3.67. The number of rotatable bonds is 9. The molecule has 33 heavy (non-hydrogen) atoms. The van der Waals surface area contributed by atoms with Crippen molar-refractivity contribution < 1.29 is 22.7 Å². The molecule has 3 rings (SSSR count). The fourth-order valence-electron chi connectivity index (χ4n) is 3.75. The van der Waals surface area contributed by atoms with Gasteiger partial charge in [0.05, 0.1) is 29.5 Å². The van der Waals surface area contributed by atoms with Gasteiger partial charge in [-0.3, -0.25) is 4.79 Å². The van der Waals surface area contributed by atoms with Crippen LogP contribution in [0.2, 0.25) is 0 Å². The van der Waals surface area contributed by atoms with Crippen LogP contribution >= 0.6 is 0 Å². The fourth-order valence-corrected chi connectivity index (χ4v) is 5.23. The first-order valence-corrected chi connectivity index (χ1v) is 12.7. The van der Waals surface area contributed by atoms with Crippen molar-refractivity contribution in [3.63, 3.8) is 0 Å². The van der Waals surface area contributed by atoms with E-state index >= 15 is 0 Å². The molecule has 0 bridgehead atoms. The molecule has 1 N–H and O–H groups in total. The first-order chi connectivity index (χ1) is 15.8. The lowest BCUT2D eigenvalue weighted by molar-refractivity contribution is -0.122. The van der Waals surface area contributed by atoms with Crippen molar-refractivity contribution in [1.82, 2.24) is 4.31 Å². The van der Waals surface area contributed by atoms with Crippen LogP contribution in [0.25, 0.3) is 0 Å². The third-order valence-electron chi connectivity index (χ3n) is 5.59. The Balaban J connectivity index is 1.90. The molecule has 2 aromatic rings. The fraction of sp³-hybridized carbons (Fsp3) is 0.458. The van der Waals surface area contributed by atoms with Crippen LogP contribution in [-0.2, 0) is 19.6 Å². The summed E-state index contributed by atoms with van der Waals surface area (Å²) < 4.78 is 38.8. The first-order valence-electron chi connectivity index (χ1n) is 11.3. The van der Waals surface area contributed by atoms with E-state index in [1.165, 1.54) is 10.4 Å². The number of benzene rings is 2. The molecule has 9 heteroatoms. The number of sulfonamides is 1. The minimum Gasteiger partial charge on any atom is -0.481 e. The van der Waals surface area contributed by atoms with E-state index in [0.29, 0.717) is 50.8 Å². The lowest BCUT2D eigenvalue weighted by atomic mass is 10.2. The predicted octanol–water partition coefficient (Wildman–Crippen LogP) is 3.27. The molecule has 1 heterocycles. The number of hydrogen-bond acceptors (Lipinski definition) is 6. The van der Waals surface area contributed by atoms with Crippen LogP contribution in [0.4, 0.5) is 11.4 Å². The minimum atomic E-state index is -3.67. The average molecular weight is 476 g/mol. The maximum Gasteiger partial charge on any atom is 0.265 e. The molecule has 0 aromatic heterocycles. The van der Waals surface area contributed by atoms with Crippen molar-refractivity contribution in [1.29, 1.82) is 0 Å². The zero-order valence-corrected chi connectivity index (χ0v) is 20.5. The summed E-state index contributed by atoms with van der Waals surface area (Å²) in [6, 6.07) is 12.4. The van der Waals surface area contributed by atoms with E-state index in [-0.39, 0.29) is 10.8 Å². The summed E-state index contributed by atoms with van der Waals surface area (Å²) in [6.45, 7) is 10.4. The number of aryl methyl sites for hydroxylation is 1. The summed E-state index contributed by atoms with van der Waals surface area (Å²) >= 11 is 0. The maximum absolute atomic E-state index is 13.1. The molecule has 1 atom stereocenters. The average Bonchev–Trinajstić information content (AvgIpc) is 2.80. The van der Waals surface area contributed by atoms with Crippen molar-refractivity contribution in [2.75, 3.05) is 49.6 Å². The number of nitrogens with one attached hydrogen (secondary N) is 1.